The number of fused-ring (bicyclic) bond motifs is 2. The van der Waals surface area contributed by atoms with E-state index in [4.69, 9.17) is 0 Å². The highest BCUT2D eigenvalue weighted by atomic mass is 15.1. The molecule has 0 unspecified atom stereocenters. The van der Waals surface area contributed by atoms with Gasteiger partial charge in [0.25, 0.3) is 0 Å². The fourth-order valence-corrected chi connectivity index (χ4v) is 12.3. The molecule has 0 saturated heterocycles. The van der Waals surface area contributed by atoms with Crippen LogP contribution in [0.1, 0.15) is 126 Å². The van der Waals surface area contributed by atoms with Crippen molar-refractivity contribution in [1.29, 1.82) is 0 Å². The summed E-state index contributed by atoms with van der Waals surface area (Å²) in [5.74, 6) is 4.73. The van der Waals surface area contributed by atoms with Crippen LogP contribution in [0.5, 0.6) is 0 Å². The normalized spacial score (nSPS) is 51.0. The molecule has 5 fully saturated rings. The molecule has 0 aromatic heterocycles. The summed E-state index contributed by atoms with van der Waals surface area (Å²) in [6.07, 6.45) is 18.1. The molecule has 33 heavy (non-hydrogen) atoms. The van der Waals surface area contributed by atoms with Crippen molar-refractivity contribution >= 4 is 0 Å². The molecule has 1 heteroatoms. The Labute approximate surface area is 207 Å². The summed E-state index contributed by atoms with van der Waals surface area (Å²) in [7, 11) is 4.68. The lowest BCUT2D eigenvalue weighted by Gasteiger charge is -2.64. The van der Waals surface area contributed by atoms with Crippen molar-refractivity contribution < 1.29 is 0 Å². The van der Waals surface area contributed by atoms with Crippen molar-refractivity contribution in [3.05, 3.63) is 0 Å². The summed E-state index contributed by atoms with van der Waals surface area (Å²) in [6.45, 7) is 18.3. The van der Waals surface area contributed by atoms with Crippen molar-refractivity contribution in [2.45, 2.75) is 132 Å². The van der Waals surface area contributed by atoms with Gasteiger partial charge >= 0.3 is 0 Å². The van der Waals surface area contributed by atoms with Crippen molar-refractivity contribution in [2.75, 3.05) is 14.1 Å². The molecule has 5 saturated carbocycles. The van der Waals surface area contributed by atoms with Gasteiger partial charge in [-0.1, -0.05) is 67.7 Å². The molecule has 0 aromatic rings. The van der Waals surface area contributed by atoms with Crippen molar-refractivity contribution in [3.63, 3.8) is 0 Å². The van der Waals surface area contributed by atoms with Gasteiger partial charge in [-0.3, -0.25) is 0 Å². The van der Waals surface area contributed by atoms with Crippen LogP contribution >= 0.6 is 0 Å². The van der Waals surface area contributed by atoms with Crippen LogP contribution in [0.2, 0.25) is 0 Å². The first kappa shape index (κ1) is 24.6. The van der Waals surface area contributed by atoms with E-state index in [0.29, 0.717) is 27.1 Å². The van der Waals surface area contributed by atoms with E-state index in [1.165, 1.54) is 64.2 Å². The number of nitrogens with zero attached hydrogens (tertiary/aromatic N) is 1. The average molecular weight is 456 g/mol. The Balaban J connectivity index is 1.38. The molecule has 5 aliphatic carbocycles. The van der Waals surface area contributed by atoms with Crippen LogP contribution < -0.4 is 0 Å². The zero-order valence-electron chi connectivity index (χ0n) is 23.9. The second-order valence-corrected chi connectivity index (χ2v) is 15.8. The zero-order chi connectivity index (χ0) is 24.0. The largest absolute Gasteiger partial charge is 0.306 e. The monoisotopic (exact) mass is 455 g/mol. The van der Waals surface area contributed by atoms with Gasteiger partial charge in [0, 0.05) is 6.04 Å². The third-order valence-corrected chi connectivity index (χ3v) is 13.9. The topological polar surface area (TPSA) is 3.24 Å². The summed E-state index contributed by atoms with van der Waals surface area (Å²) >= 11 is 0. The number of hydrogen-bond donors (Lipinski definition) is 0. The van der Waals surface area contributed by atoms with Crippen LogP contribution in [-0.2, 0) is 0 Å². The van der Waals surface area contributed by atoms with E-state index in [1.807, 2.05) is 0 Å². The van der Waals surface area contributed by atoms with Crippen molar-refractivity contribution in [1.82, 2.24) is 4.90 Å². The minimum Gasteiger partial charge on any atom is -0.306 e. The molecule has 0 amide bonds. The average Bonchev–Trinajstić information content (AvgIpc) is 3.29. The molecule has 5 aliphatic rings. The first-order valence-corrected chi connectivity index (χ1v) is 15.0. The molecule has 0 heterocycles. The predicted octanol–water partition coefficient (Wildman–Crippen LogP) is 8.82. The fourth-order valence-electron chi connectivity index (χ4n) is 12.3. The molecule has 5 rings (SSSR count). The molecule has 0 aliphatic heterocycles. The Kier molecular flexibility index (Phi) is 5.77. The number of rotatable bonds is 6. The molecule has 0 bridgehead atoms. The van der Waals surface area contributed by atoms with Gasteiger partial charge in [0.1, 0.15) is 0 Å². The highest BCUT2D eigenvalue weighted by molar-refractivity contribution is 5.30. The first-order chi connectivity index (χ1) is 15.4. The van der Waals surface area contributed by atoms with E-state index < -0.39 is 0 Å². The maximum atomic E-state index is 2.81. The van der Waals surface area contributed by atoms with E-state index in [-0.39, 0.29) is 0 Å². The quantitative estimate of drug-likeness (QED) is 0.386. The van der Waals surface area contributed by atoms with Crippen LogP contribution in [-0.4, -0.2) is 25.0 Å². The minimum absolute atomic E-state index is 0.473. The summed E-state index contributed by atoms with van der Waals surface area (Å²) < 4.78 is 0. The summed E-state index contributed by atoms with van der Waals surface area (Å²) in [6, 6.07) is 0.773. The zero-order valence-corrected chi connectivity index (χ0v) is 23.9. The summed E-state index contributed by atoms with van der Waals surface area (Å²) in [4.78, 5) is 2.56. The SMILES string of the molecule is CC(C)CCC[C@@H](C)[C@H]1CC[C@@]2(C)[C@@H]3CC[C@H]4C(C)(C)[C@@H](N(C)C)CC[C@@]45C[C@@]35CC[C@]12C. The maximum Gasteiger partial charge on any atom is 0.0143 e. The standard InChI is InChI=1S/C32H57N/c1-22(2)11-10-12-23(3)24-15-17-30(7)26-14-13-25-28(4,5)27(33(8)9)16-18-31(25)21-32(26,31)20-19-29(24,30)6/h22-27H,10-21H2,1-9H3/t23-,24-,25+,26+,27+,29-,30+,31-,32+/m1/s1. The molecule has 2 spiro atoms. The Morgan fingerprint density at radius 3 is 2.06 bits per heavy atom. The van der Waals surface area contributed by atoms with E-state index in [0.717, 1.165) is 35.6 Å². The summed E-state index contributed by atoms with van der Waals surface area (Å²) in [5, 5.41) is 0. The molecule has 0 aromatic carbocycles. The highest BCUT2D eigenvalue weighted by Crippen LogP contribution is 2.89. The minimum atomic E-state index is 0.473. The van der Waals surface area contributed by atoms with Gasteiger partial charge in [-0.25, -0.2) is 0 Å². The third kappa shape index (κ3) is 3.12. The van der Waals surface area contributed by atoms with E-state index in [9.17, 15) is 0 Å². The fraction of sp³-hybridized carbons (Fsp3) is 1.00. The molecule has 9 atom stereocenters. The molecular weight excluding hydrogens is 398 g/mol. The molecule has 0 radical (unpaired) electrons. The van der Waals surface area contributed by atoms with Crippen molar-refractivity contribution in [2.24, 2.45) is 56.7 Å². The van der Waals surface area contributed by atoms with Gasteiger partial charge < -0.3 is 4.90 Å². The van der Waals surface area contributed by atoms with Gasteiger partial charge in [0.2, 0.25) is 0 Å². The third-order valence-electron chi connectivity index (χ3n) is 13.9. The van der Waals surface area contributed by atoms with Gasteiger partial charge in [-0.15, -0.1) is 0 Å². The van der Waals surface area contributed by atoms with E-state index >= 15 is 0 Å². The predicted molar refractivity (Wildman–Crippen MR) is 142 cm³/mol. The first-order valence-electron chi connectivity index (χ1n) is 15.0. The Hall–Kier alpha value is -0.0400. The number of hydrogen-bond acceptors (Lipinski definition) is 1. The lowest BCUT2D eigenvalue weighted by atomic mass is 9.41. The van der Waals surface area contributed by atoms with Crippen LogP contribution in [0.25, 0.3) is 0 Å². The van der Waals surface area contributed by atoms with E-state index in [1.54, 1.807) is 12.8 Å². The van der Waals surface area contributed by atoms with Gasteiger partial charge in [-0.05, 0) is 129 Å². The van der Waals surface area contributed by atoms with Crippen LogP contribution in [0.4, 0.5) is 0 Å². The second-order valence-electron chi connectivity index (χ2n) is 15.8. The molecule has 0 N–H and O–H groups in total. The highest BCUT2D eigenvalue weighted by Gasteiger charge is 2.82. The van der Waals surface area contributed by atoms with Crippen LogP contribution in [0, 0.1) is 56.7 Å². The van der Waals surface area contributed by atoms with E-state index in [2.05, 4.69) is 67.5 Å². The van der Waals surface area contributed by atoms with Gasteiger partial charge in [0.05, 0.1) is 0 Å². The smallest absolute Gasteiger partial charge is 0.0143 e. The Bertz CT molecular complexity index is 752. The lowest BCUT2D eigenvalue weighted by Crippen LogP contribution is -2.59. The van der Waals surface area contributed by atoms with Gasteiger partial charge in [0.15, 0.2) is 0 Å². The van der Waals surface area contributed by atoms with Gasteiger partial charge in [-0.2, -0.15) is 0 Å². The Morgan fingerprint density at radius 1 is 0.727 bits per heavy atom. The Morgan fingerprint density at radius 2 is 1.39 bits per heavy atom. The van der Waals surface area contributed by atoms with Crippen LogP contribution in [0.15, 0.2) is 0 Å². The summed E-state index contributed by atoms with van der Waals surface area (Å²) in [5.41, 5.74) is 3.08. The molecular formula is C32H57N. The van der Waals surface area contributed by atoms with Crippen LogP contribution in [0.3, 0.4) is 0 Å². The second kappa shape index (κ2) is 7.73. The molecule has 190 valence electrons. The van der Waals surface area contributed by atoms with Crippen molar-refractivity contribution in [3.8, 4) is 0 Å². The molecule has 1 nitrogen and oxygen atoms in total. The lowest BCUT2D eigenvalue weighted by molar-refractivity contribution is -0.152. The maximum absolute atomic E-state index is 2.81.